The zero-order valence-electron chi connectivity index (χ0n) is 36.4. The molecule has 0 radical (unpaired) electrons. The van der Waals surface area contributed by atoms with Crippen molar-refractivity contribution in [3.63, 3.8) is 0 Å². The SMILES string of the molecule is CC(C)(C)c1ccc(C(C)(C)C)c(NC(=O)c2ccc3nc(-c4c(Cl)cccc4Cl)[nH]c3c2)c1.COc1cccc(OC)c1NC(=O)c1ccc2nc(-c3c(Cl)cccc3Cl)[nH]c2c1. The summed E-state index contributed by atoms with van der Waals surface area (Å²) in [6.07, 6.45) is 0. The van der Waals surface area contributed by atoms with Crippen molar-refractivity contribution in [1.82, 2.24) is 19.9 Å². The molecule has 64 heavy (non-hydrogen) atoms. The highest BCUT2D eigenvalue weighted by Crippen LogP contribution is 2.38. The summed E-state index contributed by atoms with van der Waals surface area (Å²) >= 11 is 25.3. The summed E-state index contributed by atoms with van der Waals surface area (Å²) in [7, 11) is 3.06. The number of aromatic amines is 2. The van der Waals surface area contributed by atoms with Crippen LogP contribution in [-0.4, -0.2) is 46.0 Å². The molecular formula is C50H46Cl4N6O4. The van der Waals surface area contributed by atoms with Crippen molar-refractivity contribution in [1.29, 1.82) is 0 Å². The molecule has 0 unspecified atom stereocenters. The molecule has 4 N–H and O–H groups in total. The largest absolute Gasteiger partial charge is 0.494 e. The summed E-state index contributed by atoms with van der Waals surface area (Å²) in [6, 6.07) is 32.8. The zero-order chi connectivity index (χ0) is 46.1. The molecule has 0 aliphatic rings. The molecule has 0 fully saturated rings. The van der Waals surface area contributed by atoms with E-state index in [0.717, 1.165) is 22.3 Å². The van der Waals surface area contributed by atoms with Gasteiger partial charge < -0.3 is 30.1 Å². The predicted octanol–water partition coefficient (Wildman–Crippen LogP) is 14.2. The van der Waals surface area contributed by atoms with Gasteiger partial charge in [-0.3, -0.25) is 9.59 Å². The summed E-state index contributed by atoms with van der Waals surface area (Å²) in [5.41, 5.74) is 8.47. The van der Waals surface area contributed by atoms with Gasteiger partial charge in [-0.05, 0) is 101 Å². The number of hydrogen-bond donors (Lipinski definition) is 4. The molecule has 0 aliphatic heterocycles. The second kappa shape index (κ2) is 18.6. The lowest BCUT2D eigenvalue weighted by Crippen LogP contribution is -2.20. The molecule has 0 atom stereocenters. The van der Waals surface area contributed by atoms with Gasteiger partial charge in [-0.25, -0.2) is 9.97 Å². The minimum absolute atomic E-state index is 0.0267. The van der Waals surface area contributed by atoms with Gasteiger partial charge in [0.25, 0.3) is 11.8 Å². The molecule has 10 nitrogen and oxygen atoms in total. The van der Waals surface area contributed by atoms with Crippen molar-refractivity contribution in [2.75, 3.05) is 24.9 Å². The van der Waals surface area contributed by atoms with Crippen molar-refractivity contribution in [2.24, 2.45) is 0 Å². The van der Waals surface area contributed by atoms with E-state index in [0.29, 0.717) is 82.2 Å². The average molecular weight is 937 g/mol. The predicted molar refractivity (Wildman–Crippen MR) is 262 cm³/mol. The van der Waals surface area contributed by atoms with Crippen LogP contribution < -0.4 is 20.1 Å². The van der Waals surface area contributed by atoms with E-state index < -0.39 is 0 Å². The maximum Gasteiger partial charge on any atom is 0.255 e. The third-order valence-electron chi connectivity index (χ3n) is 10.5. The maximum absolute atomic E-state index is 13.3. The van der Waals surface area contributed by atoms with E-state index in [1.807, 2.05) is 6.07 Å². The summed E-state index contributed by atoms with van der Waals surface area (Å²) in [6.45, 7) is 12.9. The summed E-state index contributed by atoms with van der Waals surface area (Å²) in [5.74, 6) is 1.61. The fourth-order valence-electron chi connectivity index (χ4n) is 7.11. The topological polar surface area (TPSA) is 134 Å². The first-order chi connectivity index (χ1) is 30.4. The molecule has 0 spiro atoms. The van der Waals surface area contributed by atoms with E-state index in [2.05, 4.69) is 90.3 Å². The fourth-order valence-corrected chi connectivity index (χ4v) is 8.26. The lowest BCUT2D eigenvalue weighted by molar-refractivity contribution is 0.101. The lowest BCUT2D eigenvalue weighted by atomic mass is 9.81. The highest BCUT2D eigenvalue weighted by molar-refractivity contribution is 6.39. The van der Waals surface area contributed by atoms with Crippen LogP contribution in [-0.2, 0) is 10.8 Å². The van der Waals surface area contributed by atoms with Gasteiger partial charge in [0.1, 0.15) is 28.8 Å². The second-order valence-corrected chi connectivity index (χ2v) is 18.7. The number of halogens is 4. The van der Waals surface area contributed by atoms with Crippen molar-refractivity contribution in [2.45, 2.75) is 52.4 Å². The first-order valence-corrected chi connectivity index (χ1v) is 21.7. The Labute approximate surface area is 391 Å². The quantitative estimate of drug-likeness (QED) is 0.120. The number of ether oxygens (including phenoxy) is 2. The Kier molecular flexibility index (Phi) is 13.4. The minimum atomic E-state index is -0.313. The number of H-pyrrole nitrogens is 2. The Morgan fingerprint density at radius 2 is 0.984 bits per heavy atom. The van der Waals surface area contributed by atoms with E-state index in [4.69, 9.17) is 55.9 Å². The van der Waals surface area contributed by atoms with Crippen LogP contribution in [0.25, 0.3) is 44.8 Å². The number of carbonyl (C=O) groups is 2. The van der Waals surface area contributed by atoms with Crippen LogP contribution in [0.2, 0.25) is 20.1 Å². The normalized spacial score (nSPS) is 11.6. The van der Waals surface area contributed by atoms with Gasteiger partial charge in [-0.2, -0.15) is 0 Å². The highest BCUT2D eigenvalue weighted by Gasteiger charge is 2.24. The number of para-hydroxylation sites is 1. The monoisotopic (exact) mass is 934 g/mol. The number of methoxy groups -OCH3 is 2. The number of carbonyl (C=O) groups excluding carboxylic acids is 2. The molecule has 0 bridgehead atoms. The van der Waals surface area contributed by atoms with E-state index >= 15 is 0 Å². The Morgan fingerprint density at radius 1 is 0.547 bits per heavy atom. The van der Waals surface area contributed by atoms with E-state index in [9.17, 15) is 9.59 Å². The molecule has 2 amide bonds. The Bertz CT molecular complexity index is 2990. The number of nitrogens with one attached hydrogen (secondary N) is 4. The fraction of sp³-hybridized carbons (Fsp3) is 0.200. The highest BCUT2D eigenvalue weighted by atomic mass is 35.5. The third-order valence-corrected chi connectivity index (χ3v) is 11.8. The molecule has 2 heterocycles. The number of hydrogen-bond acceptors (Lipinski definition) is 6. The van der Waals surface area contributed by atoms with Crippen molar-refractivity contribution in [3.05, 3.63) is 152 Å². The third kappa shape index (κ3) is 9.86. The molecule has 8 aromatic rings. The van der Waals surface area contributed by atoms with Crippen molar-refractivity contribution < 1.29 is 19.1 Å². The van der Waals surface area contributed by atoms with Gasteiger partial charge in [0, 0.05) is 16.8 Å². The number of amides is 2. The standard InChI is InChI=1S/C28H29Cl2N3O.C22H17Cl2N3O3/c1-27(2,3)17-11-12-18(28(4,5)6)22(15-17)33-26(34)16-10-13-21-23(14-16)32-25(31-21)24-19(29)8-7-9-20(24)30;1-29-17-7-4-8-18(30-2)20(17)27-22(28)12-9-10-15-16(11-12)26-21(25-15)19-13(23)5-3-6-14(19)24/h7-15H,1-6H3,(H,31,32)(H,33,34);3-11H,1-2H3,(H,25,26)(H,27,28). The minimum Gasteiger partial charge on any atom is -0.494 e. The van der Waals surface area contributed by atoms with Crippen LogP contribution in [0.1, 0.15) is 73.4 Å². The number of imidazole rings is 2. The van der Waals surface area contributed by atoms with E-state index in [1.165, 1.54) is 19.8 Å². The Hall–Kier alpha value is -6.04. The number of benzene rings is 6. The molecule has 8 rings (SSSR count). The molecule has 6 aromatic carbocycles. The lowest BCUT2D eigenvalue weighted by Gasteiger charge is -2.27. The number of rotatable bonds is 8. The molecule has 14 heteroatoms. The smallest absolute Gasteiger partial charge is 0.255 e. The van der Waals surface area contributed by atoms with Crippen LogP contribution in [0, 0.1) is 0 Å². The van der Waals surface area contributed by atoms with Crippen LogP contribution in [0.4, 0.5) is 11.4 Å². The van der Waals surface area contributed by atoms with Crippen molar-refractivity contribution >= 4 is 91.7 Å². The molecular weight excluding hydrogens is 890 g/mol. The second-order valence-electron chi connectivity index (χ2n) is 17.0. The Morgan fingerprint density at radius 3 is 1.41 bits per heavy atom. The molecule has 0 aliphatic carbocycles. The number of fused-ring (bicyclic) bond motifs is 2. The van der Waals surface area contributed by atoms with E-state index in [1.54, 1.807) is 84.9 Å². The number of nitrogens with zero attached hydrogens (tertiary/aromatic N) is 2. The maximum atomic E-state index is 13.3. The molecule has 0 saturated heterocycles. The molecule has 0 saturated carbocycles. The van der Waals surface area contributed by atoms with Gasteiger partial charge in [-0.1, -0.05) is 118 Å². The van der Waals surface area contributed by atoms with Gasteiger partial charge in [0.05, 0.1) is 67.5 Å². The first-order valence-electron chi connectivity index (χ1n) is 20.2. The first kappa shape index (κ1) is 46.0. The summed E-state index contributed by atoms with van der Waals surface area (Å²) in [5, 5.41) is 8.01. The van der Waals surface area contributed by atoms with Gasteiger partial charge in [-0.15, -0.1) is 0 Å². The molecule has 2 aromatic heterocycles. The van der Waals surface area contributed by atoms with Crippen LogP contribution in [0.5, 0.6) is 11.5 Å². The summed E-state index contributed by atoms with van der Waals surface area (Å²) in [4.78, 5) is 41.8. The number of anilines is 2. The molecule has 328 valence electrons. The van der Waals surface area contributed by atoms with Crippen LogP contribution in [0.15, 0.2) is 109 Å². The summed E-state index contributed by atoms with van der Waals surface area (Å²) < 4.78 is 10.7. The van der Waals surface area contributed by atoms with E-state index in [-0.39, 0.29) is 22.6 Å². The van der Waals surface area contributed by atoms with Crippen LogP contribution >= 0.6 is 46.4 Å². The zero-order valence-corrected chi connectivity index (χ0v) is 39.5. The Balaban J connectivity index is 0.000000193. The van der Waals surface area contributed by atoms with Crippen molar-refractivity contribution in [3.8, 4) is 34.3 Å². The van der Waals surface area contributed by atoms with Gasteiger partial charge in [0.2, 0.25) is 0 Å². The number of aromatic nitrogens is 4. The van der Waals surface area contributed by atoms with Gasteiger partial charge in [0.15, 0.2) is 0 Å². The van der Waals surface area contributed by atoms with Gasteiger partial charge >= 0.3 is 0 Å². The average Bonchev–Trinajstić information content (AvgIpc) is 3.86. The van der Waals surface area contributed by atoms with Crippen LogP contribution in [0.3, 0.4) is 0 Å².